The summed E-state index contributed by atoms with van der Waals surface area (Å²) in [5.74, 6) is 0.0178. The number of carbonyl (C=O) groups is 2. The third kappa shape index (κ3) is 5.82. The lowest BCUT2D eigenvalue weighted by atomic mass is 10.2. The molecule has 0 aliphatic rings. The summed E-state index contributed by atoms with van der Waals surface area (Å²) in [6, 6.07) is 16.1. The molecule has 120 valence electrons. The van der Waals surface area contributed by atoms with E-state index in [1.54, 1.807) is 36.4 Å². The maximum atomic E-state index is 11.9. The van der Waals surface area contributed by atoms with Crippen molar-refractivity contribution >= 4 is 23.2 Å². The average molecular weight is 312 g/mol. The topological polar surface area (TPSA) is 67.4 Å². The molecule has 0 aliphatic heterocycles. The highest BCUT2D eigenvalue weighted by atomic mass is 16.5. The number of rotatable bonds is 6. The normalized spacial score (nSPS) is 10.2. The molecule has 0 unspecified atom stereocenters. The zero-order valence-electron chi connectivity index (χ0n) is 13.2. The van der Waals surface area contributed by atoms with E-state index in [1.807, 2.05) is 32.0 Å². The minimum atomic E-state index is -0.365. The molecule has 0 aliphatic carbocycles. The van der Waals surface area contributed by atoms with Crippen LogP contribution in [0.5, 0.6) is 5.75 Å². The van der Waals surface area contributed by atoms with Gasteiger partial charge < -0.3 is 15.4 Å². The fourth-order valence-corrected chi connectivity index (χ4v) is 1.97. The predicted octanol–water partition coefficient (Wildman–Crippen LogP) is 3.44. The molecule has 2 rings (SSSR count). The summed E-state index contributed by atoms with van der Waals surface area (Å²) in [4.78, 5) is 23.7. The van der Waals surface area contributed by atoms with Gasteiger partial charge in [-0.2, -0.15) is 0 Å². The molecule has 0 bridgehead atoms. The van der Waals surface area contributed by atoms with Crippen LogP contribution in [0.4, 0.5) is 11.4 Å². The van der Waals surface area contributed by atoms with Crippen LogP contribution in [0.2, 0.25) is 0 Å². The quantitative estimate of drug-likeness (QED) is 0.803. The first kappa shape index (κ1) is 16.5. The Morgan fingerprint density at radius 1 is 0.870 bits per heavy atom. The van der Waals surface area contributed by atoms with Gasteiger partial charge in [-0.05, 0) is 50.2 Å². The predicted molar refractivity (Wildman–Crippen MR) is 90.5 cm³/mol. The Labute approximate surface area is 135 Å². The zero-order chi connectivity index (χ0) is 16.7. The maximum Gasteiger partial charge on any atom is 0.233 e. The van der Waals surface area contributed by atoms with E-state index in [2.05, 4.69) is 10.6 Å². The second kappa shape index (κ2) is 7.98. The minimum Gasteiger partial charge on any atom is -0.491 e. The van der Waals surface area contributed by atoms with Crippen LogP contribution in [0.3, 0.4) is 0 Å². The average Bonchev–Trinajstić information content (AvgIpc) is 2.49. The molecule has 0 heterocycles. The molecule has 5 nitrogen and oxygen atoms in total. The van der Waals surface area contributed by atoms with Crippen LogP contribution in [0.15, 0.2) is 54.6 Å². The molecular formula is C18H20N2O3. The lowest BCUT2D eigenvalue weighted by molar-refractivity contribution is -0.123. The second-order valence-corrected chi connectivity index (χ2v) is 5.33. The van der Waals surface area contributed by atoms with Crippen molar-refractivity contribution in [3.63, 3.8) is 0 Å². The van der Waals surface area contributed by atoms with E-state index in [-0.39, 0.29) is 24.3 Å². The fraction of sp³-hybridized carbons (Fsp3) is 0.222. The van der Waals surface area contributed by atoms with Crippen LogP contribution in [0.25, 0.3) is 0 Å². The van der Waals surface area contributed by atoms with Gasteiger partial charge >= 0.3 is 0 Å². The number of hydrogen-bond acceptors (Lipinski definition) is 3. The number of ether oxygens (including phenoxy) is 1. The highest BCUT2D eigenvalue weighted by Crippen LogP contribution is 2.17. The van der Waals surface area contributed by atoms with E-state index < -0.39 is 0 Å². The van der Waals surface area contributed by atoms with Crippen LogP contribution >= 0.6 is 0 Å². The summed E-state index contributed by atoms with van der Waals surface area (Å²) < 4.78 is 5.53. The molecule has 0 saturated carbocycles. The van der Waals surface area contributed by atoms with Crippen molar-refractivity contribution in [3.05, 3.63) is 54.6 Å². The van der Waals surface area contributed by atoms with Gasteiger partial charge in [-0.15, -0.1) is 0 Å². The van der Waals surface area contributed by atoms with E-state index in [0.29, 0.717) is 11.4 Å². The van der Waals surface area contributed by atoms with Crippen LogP contribution in [0.1, 0.15) is 20.3 Å². The fourth-order valence-electron chi connectivity index (χ4n) is 1.97. The van der Waals surface area contributed by atoms with Gasteiger partial charge in [0, 0.05) is 11.4 Å². The Kier molecular flexibility index (Phi) is 5.74. The van der Waals surface area contributed by atoms with Crippen LogP contribution in [-0.4, -0.2) is 17.9 Å². The monoisotopic (exact) mass is 312 g/mol. The van der Waals surface area contributed by atoms with Gasteiger partial charge in [-0.25, -0.2) is 0 Å². The van der Waals surface area contributed by atoms with Gasteiger partial charge in [-0.1, -0.05) is 18.2 Å². The van der Waals surface area contributed by atoms with Gasteiger partial charge in [0.25, 0.3) is 0 Å². The summed E-state index contributed by atoms with van der Waals surface area (Å²) in [6.07, 6.45) is -0.142. The molecule has 2 N–H and O–H groups in total. The van der Waals surface area contributed by atoms with E-state index in [1.165, 1.54) is 0 Å². The molecule has 0 saturated heterocycles. The van der Waals surface area contributed by atoms with E-state index in [4.69, 9.17) is 4.74 Å². The van der Waals surface area contributed by atoms with Gasteiger partial charge in [-0.3, -0.25) is 9.59 Å². The summed E-state index contributed by atoms with van der Waals surface area (Å²) in [6.45, 7) is 3.89. The molecule has 0 radical (unpaired) electrons. The Hall–Kier alpha value is -2.82. The van der Waals surface area contributed by atoms with Crippen molar-refractivity contribution in [2.75, 3.05) is 10.6 Å². The molecule has 2 aromatic carbocycles. The van der Waals surface area contributed by atoms with Gasteiger partial charge in [0.15, 0.2) is 0 Å². The largest absolute Gasteiger partial charge is 0.491 e. The molecule has 0 aromatic heterocycles. The standard InChI is InChI=1S/C18H20N2O3/c1-13(2)23-16-10-8-15(9-11-16)20-18(22)12-17(21)19-14-6-4-3-5-7-14/h3-11,13H,12H2,1-2H3,(H,19,21)(H,20,22). The number of benzene rings is 2. The molecule has 0 atom stereocenters. The zero-order valence-corrected chi connectivity index (χ0v) is 13.2. The molecule has 2 aromatic rings. The van der Waals surface area contributed by atoms with Gasteiger partial charge in [0.2, 0.25) is 11.8 Å². The van der Waals surface area contributed by atoms with Crippen molar-refractivity contribution in [1.82, 2.24) is 0 Å². The number of nitrogens with one attached hydrogen (secondary N) is 2. The Balaban J connectivity index is 1.83. The highest BCUT2D eigenvalue weighted by Gasteiger charge is 2.10. The first-order chi connectivity index (χ1) is 11.0. The lowest BCUT2D eigenvalue weighted by Gasteiger charge is -2.10. The van der Waals surface area contributed by atoms with E-state index in [9.17, 15) is 9.59 Å². The van der Waals surface area contributed by atoms with Crippen molar-refractivity contribution in [3.8, 4) is 5.75 Å². The van der Waals surface area contributed by atoms with Crippen LogP contribution in [0, 0.1) is 0 Å². The molecule has 0 fully saturated rings. The van der Waals surface area contributed by atoms with E-state index >= 15 is 0 Å². The van der Waals surface area contributed by atoms with Crippen molar-refractivity contribution < 1.29 is 14.3 Å². The highest BCUT2D eigenvalue weighted by molar-refractivity contribution is 6.08. The number of carbonyl (C=O) groups excluding carboxylic acids is 2. The molecular weight excluding hydrogens is 292 g/mol. The SMILES string of the molecule is CC(C)Oc1ccc(NC(=O)CC(=O)Nc2ccccc2)cc1. The molecule has 0 spiro atoms. The molecule has 23 heavy (non-hydrogen) atoms. The van der Waals surface area contributed by atoms with Crippen molar-refractivity contribution in [2.45, 2.75) is 26.4 Å². The minimum absolute atomic E-state index is 0.0946. The Morgan fingerprint density at radius 3 is 1.91 bits per heavy atom. The first-order valence-corrected chi connectivity index (χ1v) is 7.44. The number of anilines is 2. The van der Waals surface area contributed by atoms with Gasteiger partial charge in [0.1, 0.15) is 12.2 Å². The Morgan fingerprint density at radius 2 is 1.39 bits per heavy atom. The molecule has 5 heteroatoms. The first-order valence-electron chi connectivity index (χ1n) is 7.44. The smallest absolute Gasteiger partial charge is 0.233 e. The number of amides is 2. The third-order valence-corrected chi connectivity index (χ3v) is 2.89. The summed E-state index contributed by atoms with van der Waals surface area (Å²) in [5.41, 5.74) is 1.29. The summed E-state index contributed by atoms with van der Waals surface area (Å²) in [7, 11) is 0. The molecule has 2 amide bonds. The number of hydrogen-bond donors (Lipinski definition) is 2. The number of para-hydroxylation sites is 1. The summed E-state index contributed by atoms with van der Waals surface area (Å²) >= 11 is 0. The summed E-state index contributed by atoms with van der Waals surface area (Å²) in [5, 5.41) is 5.35. The third-order valence-electron chi connectivity index (χ3n) is 2.89. The van der Waals surface area contributed by atoms with E-state index in [0.717, 1.165) is 5.75 Å². The van der Waals surface area contributed by atoms with Crippen molar-refractivity contribution in [2.24, 2.45) is 0 Å². The van der Waals surface area contributed by atoms with Crippen LogP contribution < -0.4 is 15.4 Å². The second-order valence-electron chi connectivity index (χ2n) is 5.33. The van der Waals surface area contributed by atoms with Crippen molar-refractivity contribution in [1.29, 1.82) is 0 Å². The Bertz CT molecular complexity index is 652. The maximum absolute atomic E-state index is 11.9. The van der Waals surface area contributed by atoms with Crippen LogP contribution in [-0.2, 0) is 9.59 Å². The lowest BCUT2D eigenvalue weighted by Crippen LogP contribution is -2.21. The van der Waals surface area contributed by atoms with Gasteiger partial charge in [0.05, 0.1) is 6.10 Å².